The van der Waals surface area contributed by atoms with Gasteiger partial charge in [-0.15, -0.1) is 6.58 Å². The van der Waals surface area contributed by atoms with Crippen LogP contribution >= 0.6 is 12.2 Å². The molecule has 14 heteroatoms. The van der Waals surface area contributed by atoms with E-state index in [1.54, 1.807) is 0 Å². The van der Waals surface area contributed by atoms with Crippen LogP contribution in [0.5, 0.6) is 0 Å². The molecule has 0 saturated carbocycles. The number of H-pyrrole nitrogens is 1. The van der Waals surface area contributed by atoms with Crippen LogP contribution in [0.25, 0.3) is 11.2 Å². The maximum atomic E-state index is 12.7. The third-order valence-corrected chi connectivity index (χ3v) is 6.20. The van der Waals surface area contributed by atoms with Gasteiger partial charge in [0.15, 0.2) is 45.1 Å². The fourth-order valence-corrected chi connectivity index (χ4v) is 4.47. The van der Waals surface area contributed by atoms with Crippen molar-refractivity contribution < 1.29 is 34.4 Å². The van der Waals surface area contributed by atoms with Gasteiger partial charge < -0.3 is 30.4 Å². The number of nitrogens with one attached hydrogen (secondary N) is 1. The summed E-state index contributed by atoms with van der Waals surface area (Å²) >= 11 is 5.43. The molecule has 0 aromatic carbocycles. The number of aromatic nitrogens is 4. The Labute approximate surface area is 191 Å². The zero-order valence-corrected chi connectivity index (χ0v) is 18.8. The lowest BCUT2D eigenvalue weighted by molar-refractivity contribution is -0.184. The van der Waals surface area contributed by atoms with E-state index in [1.807, 2.05) is 0 Å². The van der Waals surface area contributed by atoms with E-state index in [1.165, 1.54) is 10.6 Å². The van der Waals surface area contributed by atoms with Gasteiger partial charge in [-0.05, 0) is 33.0 Å². The number of rotatable bonds is 7. The third-order valence-electron chi connectivity index (χ3n) is 5.78. The topological polar surface area (TPSA) is 203 Å². The quantitative estimate of drug-likeness (QED) is 0.228. The monoisotopic (exact) mass is 481 g/mol. The fraction of sp³-hybridized carbons (Fsp3) is 0.474. The average molecular weight is 481 g/mol. The van der Waals surface area contributed by atoms with Crippen LogP contribution in [0, 0.1) is 4.77 Å². The molecule has 6 N–H and O–H groups in total. The van der Waals surface area contributed by atoms with Gasteiger partial charge in [0.05, 0.1) is 0 Å². The average Bonchev–Trinajstić information content (AvgIpc) is 3.12. The number of ketones is 3. The summed E-state index contributed by atoms with van der Waals surface area (Å²) in [4.78, 5) is 56.1. The number of carbonyl (C=O) groups excluding carboxylic acids is 3. The van der Waals surface area contributed by atoms with Crippen molar-refractivity contribution in [3.63, 3.8) is 0 Å². The molecule has 3 rings (SSSR count). The number of Topliss-reactive ketones (excluding diaryl/α,β-unsaturated/α-hetero) is 3. The molecule has 1 saturated heterocycles. The Hall–Kier alpha value is -3.04. The summed E-state index contributed by atoms with van der Waals surface area (Å²) in [5.41, 5.74) is -1.49. The van der Waals surface area contributed by atoms with Crippen molar-refractivity contribution in [1.82, 2.24) is 19.1 Å². The normalized spacial score (nSPS) is 28.1. The number of nitrogens with zero attached hydrogens (tertiary/aromatic N) is 3. The Balaban J connectivity index is 2.47. The van der Waals surface area contributed by atoms with Crippen LogP contribution in [0.1, 0.15) is 27.0 Å². The van der Waals surface area contributed by atoms with Crippen LogP contribution in [-0.4, -0.2) is 75.2 Å². The SMILES string of the molecule is C=CCn1c(=S)n([C@@H]2O[C@H](C(O)C(C)=O)[C@](O)(C(C)=O)[C@]2(O)C(C)=O)c2nc(N)[nH]c(=O)c21. The summed E-state index contributed by atoms with van der Waals surface area (Å²) in [6.45, 7) is 6.31. The Bertz CT molecular complexity index is 1310. The van der Waals surface area contributed by atoms with E-state index >= 15 is 0 Å². The number of imidazole rings is 1. The molecule has 33 heavy (non-hydrogen) atoms. The highest BCUT2D eigenvalue weighted by molar-refractivity contribution is 7.71. The highest BCUT2D eigenvalue weighted by Crippen LogP contribution is 2.49. The molecule has 0 bridgehead atoms. The Kier molecular flexibility index (Phi) is 6.02. The molecular formula is C19H23N5O8S. The molecule has 1 unspecified atom stereocenters. The molecule has 2 aromatic heterocycles. The number of hydrogen-bond acceptors (Lipinski definition) is 11. The molecule has 2 aromatic rings. The first-order valence-corrected chi connectivity index (χ1v) is 10.1. The number of fused-ring (bicyclic) bond motifs is 1. The zero-order chi connectivity index (χ0) is 25.0. The number of aliphatic hydroxyl groups excluding tert-OH is 1. The van der Waals surface area contributed by atoms with Gasteiger partial charge in [-0.3, -0.25) is 28.7 Å². The first kappa shape index (κ1) is 24.6. The summed E-state index contributed by atoms with van der Waals surface area (Å²) < 4.78 is 7.62. The maximum absolute atomic E-state index is 12.7. The van der Waals surface area contributed by atoms with E-state index in [4.69, 9.17) is 22.7 Å². The number of carbonyl (C=O) groups is 3. The molecular weight excluding hydrogens is 458 g/mol. The van der Waals surface area contributed by atoms with Crippen molar-refractivity contribution in [2.24, 2.45) is 0 Å². The van der Waals surface area contributed by atoms with Crippen LogP contribution in [0.15, 0.2) is 17.4 Å². The lowest BCUT2D eigenvalue weighted by atomic mass is 9.73. The van der Waals surface area contributed by atoms with Gasteiger partial charge in [0.25, 0.3) is 5.56 Å². The van der Waals surface area contributed by atoms with Crippen LogP contribution in [0.3, 0.4) is 0 Å². The minimum atomic E-state index is -3.05. The summed E-state index contributed by atoms with van der Waals surface area (Å²) in [5, 5.41) is 33.2. The van der Waals surface area contributed by atoms with Gasteiger partial charge in [-0.2, -0.15) is 4.98 Å². The molecule has 0 spiro atoms. The van der Waals surface area contributed by atoms with Gasteiger partial charge in [-0.25, -0.2) is 0 Å². The smallest absolute Gasteiger partial charge is 0.278 e. The first-order valence-electron chi connectivity index (χ1n) is 9.67. The molecule has 0 aliphatic carbocycles. The number of hydrogen-bond donors (Lipinski definition) is 5. The fourth-order valence-electron chi connectivity index (χ4n) is 4.13. The number of nitrogen functional groups attached to an aromatic ring is 1. The second-order valence-corrected chi connectivity index (χ2v) is 8.15. The minimum absolute atomic E-state index is 0.00128. The van der Waals surface area contributed by atoms with Crippen molar-refractivity contribution in [3.8, 4) is 0 Å². The molecule has 1 aliphatic rings. The number of aromatic amines is 1. The molecule has 178 valence electrons. The van der Waals surface area contributed by atoms with Crippen LogP contribution in [0.4, 0.5) is 5.95 Å². The second kappa shape index (κ2) is 8.07. The standard InChI is InChI=1S/C19H23N5O8S/c1-5-6-23-10-13(21-16(20)22-14(10)29)24(17(23)33)15-19(31,9(4)27)18(30,8(3)26)12(32-15)11(28)7(2)25/h5,11-12,15,28,30-31H,1,6H2,2-4H3,(H3,20,21,22,29)/t11?,12-,15-,18-,19+/m1/s1. The van der Waals surface area contributed by atoms with Crippen LogP contribution < -0.4 is 11.3 Å². The van der Waals surface area contributed by atoms with Gasteiger partial charge in [0, 0.05) is 6.54 Å². The number of ether oxygens (including phenoxy) is 1. The van der Waals surface area contributed by atoms with E-state index in [9.17, 15) is 34.5 Å². The van der Waals surface area contributed by atoms with E-state index in [0.717, 1.165) is 25.3 Å². The van der Waals surface area contributed by atoms with Gasteiger partial charge >= 0.3 is 0 Å². The van der Waals surface area contributed by atoms with Crippen LogP contribution in [0.2, 0.25) is 0 Å². The Morgan fingerprint density at radius 3 is 2.36 bits per heavy atom. The van der Waals surface area contributed by atoms with E-state index in [0.29, 0.717) is 0 Å². The molecule has 0 radical (unpaired) electrons. The predicted octanol–water partition coefficient (Wildman–Crippen LogP) is -1.49. The van der Waals surface area contributed by atoms with Crippen molar-refractivity contribution in [3.05, 3.63) is 27.8 Å². The Morgan fingerprint density at radius 1 is 1.30 bits per heavy atom. The van der Waals surface area contributed by atoms with Crippen molar-refractivity contribution in [2.45, 2.75) is 57.0 Å². The number of aliphatic hydroxyl groups is 3. The minimum Gasteiger partial charge on any atom is -0.382 e. The predicted molar refractivity (Wildman–Crippen MR) is 116 cm³/mol. The molecule has 1 fully saturated rings. The summed E-state index contributed by atoms with van der Waals surface area (Å²) in [7, 11) is 0. The highest BCUT2D eigenvalue weighted by atomic mass is 32.1. The molecule has 13 nitrogen and oxygen atoms in total. The zero-order valence-electron chi connectivity index (χ0n) is 17.9. The van der Waals surface area contributed by atoms with Gasteiger partial charge in [0.2, 0.25) is 11.5 Å². The van der Waals surface area contributed by atoms with E-state index in [-0.39, 0.29) is 28.4 Å². The summed E-state index contributed by atoms with van der Waals surface area (Å²) in [6.07, 6.45) is -4.70. The maximum Gasteiger partial charge on any atom is 0.278 e. The second-order valence-electron chi connectivity index (χ2n) is 7.78. The van der Waals surface area contributed by atoms with Gasteiger partial charge in [-0.1, -0.05) is 6.08 Å². The molecule has 0 amide bonds. The lowest BCUT2D eigenvalue weighted by Gasteiger charge is -2.37. The van der Waals surface area contributed by atoms with Gasteiger partial charge in [0.1, 0.15) is 12.2 Å². The third kappa shape index (κ3) is 3.21. The summed E-state index contributed by atoms with van der Waals surface area (Å²) in [6, 6.07) is 0. The largest absolute Gasteiger partial charge is 0.382 e. The van der Waals surface area contributed by atoms with E-state index in [2.05, 4.69) is 16.5 Å². The lowest BCUT2D eigenvalue weighted by Crippen LogP contribution is -2.67. The number of allylic oxidation sites excluding steroid dienone is 1. The van der Waals surface area contributed by atoms with E-state index < -0.39 is 52.5 Å². The van der Waals surface area contributed by atoms with Crippen LogP contribution in [-0.2, 0) is 25.7 Å². The Morgan fingerprint density at radius 2 is 1.88 bits per heavy atom. The van der Waals surface area contributed by atoms with Crippen molar-refractivity contribution in [2.75, 3.05) is 5.73 Å². The highest BCUT2D eigenvalue weighted by Gasteiger charge is 2.73. The molecule has 5 atom stereocenters. The van der Waals surface area contributed by atoms with Crippen molar-refractivity contribution >= 4 is 46.7 Å². The van der Waals surface area contributed by atoms with Crippen molar-refractivity contribution in [1.29, 1.82) is 0 Å². The molecule has 3 heterocycles. The first-order chi connectivity index (χ1) is 15.2. The number of nitrogens with two attached hydrogens (primary N) is 1. The number of anilines is 1. The molecule has 1 aliphatic heterocycles. The summed E-state index contributed by atoms with van der Waals surface area (Å²) in [5.74, 6) is -3.52.